The standard InChI is InChI=1S/C22H27N5O3/c1-5-30-22(28)26-12-10-25(11-13-26)19-14-15(2)23-21-20(16(3)24-27(19)21)17-8-6-7-9-18(17)29-4/h6-9,14H,5,10-13H2,1-4H3. The van der Waals surface area contributed by atoms with Gasteiger partial charge in [0.05, 0.1) is 25.0 Å². The van der Waals surface area contributed by atoms with Crippen molar-refractivity contribution in [3.8, 4) is 16.9 Å². The number of para-hydroxylation sites is 1. The minimum atomic E-state index is -0.249. The molecule has 8 nitrogen and oxygen atoms in total. The van der Waals surface area contributed by atoms with Gasteiger partial charge in [-0.1, -0.05) is 18.2 Å². The predicted octanol–water partition coefficient (Wildman–Crippen LogP) is 3.30. The van der Waals surface area contributed by atoms with E-state index in [9.17, 15) is 4.79 Å². The Labute approximate surface area is 176 Å². The Balaban J connectivity index is 1.72. The topological polar surface area (TPSA) is 72.2 Å². The van der Waals surface area contributed by atoms with Gasteiger partial charge in [0, 0.05) is 43.5 Å². The molecule has 2 aromatic heterocycles. The van der Waals surface area contributed by atoms with Crippen LogP contribution in [0.3, 0.4) is 0 Å². The number of carbonyl (C=O) groups is 1. The fraction of sp³-hybridized carbons (Fsp3) is 0.409. The lowest BCUT2D eigenvalue weighted by Gasteiger charge is -2.35. The minimum Gasteiger partial charge on any atom is -0.496 e. The minimum absolute atomic E-state index is 0.249. The molecule has 1 fully saturated rings. The molecule has 0 bridgehead atoms. The molecule has 1 amide bonds. The second-order valence-corrected chi connectivity index (χ2v) is 7.32. The van der Waals surface area contributed by atoms with Crippen LogP contribution in [0.25, 0.3) is 16.8 Å². The van der Waals surface area contributed by atoms with Crippen LogP contribution in [-0.2, 0) is 4.74 Å². The van der Waals surface area contributed by atoms with Crippen molar-refractivity contribution in [3.05, 3.63) is 41.7 Å². The number of ether oxygens (including phenoxy) is 2. The second-order valence-electron chi connectivity index (χ2n) is 7.32. The first-order valence-corrected chi connectivity index (χ1v) is 10.2. The van der Waals surface area contributed by atoms with Crippen LogP contribution in [0.1, 0.15) is 18.3 Å². The number of fused-ring (bicyclic) bond motifs is 1. The number of hydrogen-bond acceptors (Lipinski definition) is 6. The summed E-state index contributed by atoms with van der Waals surface area (Å²) in [6.07, 6.45) is -0.249. The molecule has 0 aliphatic carbocycles. The summed E-state index contributed by atoms with van der Waals surface area (Å²) in [4.78, 5) is 20.8. The number of methoxy groups -OCH3 is 1. The summed E-state index contributed by atoms with van der Waals surface area (Å²) < 4.78 is 12.6. The Kier molecular flexibility index (Phi) is 5.48. The molecule has 0 N–H and O–H groups in total. The summed E-state index contributed by atoms with van der Waals surface area (Å²) in [7, 11) is 1.67. The molecule has 1 aromatic carbocycles. The molecule has 0 unspecified atom stereocenters. The maximum absolute atomic E-state index is 12.0. The van der Waals surface area contributed by atoms with Crippen molar-refractivity contribution in [2.45, 2.75) is 20.8 Å². The van der Waals surface area contributed by atoms with Gasteiger partial charge in [0.15, 0.2) is 5.65 Å². The van der Waals surface area contributed by atoms with E-state index >= 15 is 0 Å². The van der Waals surface area contributed by atoms with E-state index < -0.39 is 0 Å². The van der Waals surface area contributed by atoms with Crippen LogP contribution in [0, 0.1) is 13.8 Å². The number of piperazine rings is 1. The van der Waals surface area contributed by atoms with Gasteiger partial charge in [-0.25, -0.2) is 9.78 Å². The Hall–Kier alpha value is -3.29. The van der Waals surface area contributed by atoms with Crippen molar-refractivity contribution in [2.24, 2.45) is 0 Å². The number of aryl methyl sites for hydroxylation is 2. The van der Waals surface area contributed by atoms with E-state index in [0.29, 0.717) is 32.8 Å². The quantitative estimate of drug-likeness (QED) is 0.658. The average Bonchev–Trinajstić information content (AvgIpc) is 3.08. The first-order chi connectivity index (χ1) is 14.5. The van der Waals surface area contributed by atoms with E-state index in [1.54, 1.807) is 12.0 Å². The van der Waals surface area contributed by atoms with E-state index in [1.165, 1.54) is 0 Å². The van der Waals surface area contributed by atoms with Crippen LogP contribution in [0.5, 0.6) is 5.75 Å². The Bertz CT molecular complexity index is 1070. The van der Waals surface area contributed by atoms with Gasteiger partial charge in [0.1, 0.15) is 11.6 Å². The van der Waals surface area contributed by atoms with Crippen molar-refractivity contribution in [1.82, 2.24) is 19.5 Å². The van der Waals surface area contributed by atoms with Gasteiger partial charge in [-0.05, 0) is 26.8 Å². The van der Waals surface area contributed by atoms with Gasteiger partial charge < -0.3 is 19.3 Å². The zero-order valence-corrected chi connectivity index (χ0v) is 17.9. The number of hydrogen-bond donors (Lipinski definition) is 0. The Morgan fingerprint density at radius 1 is 1.13 bits per heavy atom. The van der Waals surface area contributed by atoms with Crippen molar-refractivity contribution in [2.75, 3.05) is 44.8 Å². The number of anilines is 1. The van der Waals surface area contributed by atoms with Crippen LogP contribution >= 0.6 is 0 Å². The summed E-state index contributed by atoms with van der Waals surface area (Å²) in [6, 6.07) is 9.97. The first-order valence-electron chi connectivity index (χ1n) is 10.2. The number of carbonyl (C=O) groups excluding carboxylic acids is 1. The van der Waals surface area contributed by atoms with Gasteiger partial charge in [-0.3, -0.25) is 0 Å². The van der Waals surface area contributed by atoms with Crippen LogP contribution in [-0.4, -0.2) is 65.5 Å². The number of nitrogens with zero attached hydrogens (tertiary/aromatic N) is 5. The van der Waals surface area contributed by atoms with E-state index in [0.717, 1.165) is 39.7 Å². The number of rotatable bonds is 4. The molecule has 3 aromatic rings. The maximum atomic E-state index is 12.0. The normalized spacial score (nSPS) is 14.3. The van der Waals surface area contributed by atoms with Gasteiger partial charge in [-0.15, -0.1) is 0 Å². The lowest BCUT2D eigenvalue weighted by Crippen LogP contribution is -2.49. The number of aromatic nitrogens is 3. The fourth-order valence-corrected chi connectivity index (χ4v) is 3.95. The molecule has 1 aliphatic heterocycles. The number of amides is 1. The molecule has 0 spiro atoms. The van der Waals surface area contributed by atoms with E-state index in [2.05, 4.69) is 4.90 Å². The maximum Gasteiger partial charge on any atom is 0.409 e. The van der Waals surface area contributed by atoms with Crippen molar-refractivity contribution >= 4 is 17.6 Å². The second kappa shape index (κ2) is 8.22. The van der Waals surface area contributed by atoms with Crippen LogP contribution in [0.15, 0.2) is 30.3 Å². The largest absolute Gasteiger partial charge is 0.496 e. The zero-order valence-electron chi connectivity index (χ0n) is 17.9. The molecule has 0 atom stereocenters. The molecule has 0 radical (unpaired) electrons. The molecule has 158 valence electrons. The van der Waals surface area contributed by atoms with Crippen molar-refractivity contribution in [3.63, 3.8) is 0 Å². The van der Waals surface area contributed by atoms with Gasteiger partial charge in [0.2, 0.25) is 0 Å². The summed E-state index contributed by atoms with van der Waals surface area (Å²) >= 11 is 0. The van der Waals surface area contributed by atoms with Crippen LogP contribution in [0.4, 0.5) is 10.6 Å². The van der Waals surface area contributed by atoms with Crippen molar-refractivity contribution < 1.29 is 14.3 Å². The molecule has 0 saturated carbocycles. The monoisotopic (exact) mass is 409 g/mol. The zero-order chi connectivity index (χ0) is 21.3. The highest BCUT2D eigenvalue weighted by atomic mass is 16.6. The first kappa shape index (κ1) is 20.0. The van der Waals surface area contributed by atoms with Gasteiger partial charge >= 0.3 is 6.09 Å². The fourth-order valence-electron chi connectivity index (χ4n) is 3.95. The third-order valence-electron chi connectivity index (χ3n) is 5.38. The highest BCUT2D eigenvalue weighted by Crippen LogP contribution is 2.36. The van der Waals surface area contributed by atoms with Crippen LogP contribution < -0.4 is 9.64 Å². The molecular formula is C22H27N5O3. The lowest BCUT2D eigenvalue weighted by atomic mass is 10.1. The Morgan fingerprint density at radius 2 is 1.87 bits per heavy atom. The van der Waals surface area contributed by atoms with Crippen molar-refractivity contribution in [1.29, 1.82) is 0 Å². The van der Waals surface area contributed by atoms with E-state index in [4.69, 9.17) is 19.6 Å². The predicted molar refractivity (Wildman–Crippen MR) is 115 cm³/mol. The molecule has 30 heavy (non-hydrogen) atoms. The van der Waals surface area contributed by atoms with E-state index in [-0.39, 0.29) is 6.09 Å². The average molecular weight is 409 g/mol. The highest BCUT2D eigenvalue weighted by molar-refractivity contribution is 5.84. The molecular weight excluding hydrogens is 382 g/mol. The van der Waals surface area contributed by atoms with Gasteiger partial charge in [-0.2, -0.15) is 9.61 Å². The summed E-state index contributed by atoms with van der Waals surface area (Å²) in [6.45, 7) is 8.84. The molecule has 8 heteroatoms. The molecule has 3 heterocycles. The third kappa shape index (κ3) is 3.53. The highest BCUT2D eigenvalue weighted by Gasteiger charge is 2.25. The summed E-state index contributed by atoms with van der Waals surface area (Å²) in [5.41, 5.74) is 4.57. The molecule has 1 aliphatic rings. The Morgan fingerprint density at radius 3 is 2.57 bits per heavy atom. The number of benzene rings is 1. The lowest BCUT2D eigenvalue weighted by molar-refractivity contribution is 0.105. The third-order valence-corrected chi connectivity index (χ3v) is 5.38. The SMILES string of the molecule is CCOC(=O)N1CCN(c2cc(C)nc3c(-c4ccccc4OC)c(C)nn23)CC1. The summed E-state index contributed by atoms with van der Waals surface area (Å²) in [5, 5.41) is 4.82. The van der Waals surface area contributed by atoms with Gasteiger partial charge in [0.25, 0.3) is 0 Å². The van der Waals surface area contributed by atoms with Crippen LogP contribution in [0.2, 0.25) is 0 Å². The van der Waals surface area contributed by atoms with E-state index in [1.807, 2.05) is 55.6 Å². The molecule has 1 saturated heterocycles. The molecule has 4 rings (SSSR count). The summed E-state index contributed by atoms with van der Waals surface area (Å²) in [5.74, 6) is 1.77. The smallest absolute Gasteiger partial charge is 0.409 e.